The van der Waals surface area contributed by atoms with Crippen molar-refractivity contribution in [2.24, 2.45) is 0 Å². The van der Waals surface area contributed by atoms with E-state index in [-0.39, 0.29) is 5.69 Å². The van der Waals surface area contributed by atoms with Gasteiger partial charge in [0.05, 0.1) is 35.6 Å². The minimum atomic E-state index is -1.19. The lowest BCUT2D eigenvalue weighted by Gasteiger charge is -2.08. The minimum absolute atomic E-state index is 0.113. The molecule has 0 spiro atoms. The van der Waals surface area contributed by atoms with Gasteiger partial charge in [0.25, 0.3) is 5.91 Å². The molecule has 0 aliphatic carbocycles. The van der Waals surface area contributed by atoms with Gasteiger partial charge in [0, 0.05) is 17.4 Å². The summed E-state index contributed by atoms with van der Waals surface area (Å²) in [7, 11) is 1.90. The average molecular weight is 400 g/mol. The van der Waals surface area contributed by atoms with Gasteiger partial charge < -0.3 is 19.3 Å². The molecule has 0 aliphatic rings. The molecule has 1 N–H and O–H groups in total. The van der Waals surface area contributed by atoms with Crippen LogP contribution in [0.1, 0.15) is 17.4 Å². The summed E-state index contributed by atoms with van der Waals surface area (Å²) >= 11 is 0. The van der Waals surface area contributed by atoms with Crippen LogP contribution < -0.4 is 14.8 Å². The molecule has 0 fully saturated rings. The molecule has 28 heavy (non-hydrogen) atoms. The molecule has 0 saturated carbocycles. The van der Waals surface area contributed by atoms with E-state index in [0.29, 0.717) is 39.2 Å². The number of hydrogen-bond acceptors (Lipinski definition) is 6. The van der Waals surface area contributed by atoms with Crippen molar-refractivity contribution in [1.29, 1.82) is 0 Å². The summed E-state index contributed by atoms with van der Waals surface area (Å²) in [4.78, 5) is 13.1. The monoisotopic (exact) mass is 400 g/mol. The first-order valence-electron chi connectivity index (χ1n) is 8.55. The van der Waals surface area contributed by atoms with E-state index in [1.807, 2.05) is 6.92 Å². The molecular weight excluding hydrogens is 380 g/mol. The maximum atomic E-state index is 12.6. The number of amides is 1. The molecule has 1 heterocycles. The maximum Gasteiger partial charge on any atom is 0.277 e. The number of para-hydroxylation sites is 1. The Kier molecular flexibility index (Phi) is 6.10. The van der Waals surface area contributed by atoms with Gasteiger partial charge in [0.15, 0.2) is 23.0 Å². The van der Waals surface area contributed by atoms with Crippen LogP contribution in [0.15, 0.2) is 57.9 Å². The molecule has 7 nitrogen and oxygen atoms in total. The smallest absolute Gasteiger partial charge is 0.277 e. The summed E-state index contributed by atoms with van der Waals surface area (Å²) in [5, 5.41) is 6.59. The van der Waals surface area contributed by atoms with Crippen molar-refractivity contribution in [2.75, 3.05) is 25.3 Å². The topological polar surface area (TPSA) is 90.7 Å². The summed E-state index contributed by atoms with van der Waals surface area (Å²) in [6.07, 6.45) is 0. The number of hydrogen-bond donors (Lipinski definition) is 1. The molecule has 1 aromatic heterocycles. The highest BCUT2D eigenvalue weighted by Gasteiger charge is 2.17. The van der Waals surface area contributed by atoms with Gasteiger partial charge in [-0.05, 0) is 30.3 Å². The highest BCUT2D eigenvalue weighted by Crippen LogP contribution is 2.32. The van der Waals surface area contributed by atoms with E-state index in [9.17, 15) is 9.00 Å². The van der Waals surface area contributed by atoms with Gasteiger partial charge in [-0.25, -0.2) is 0 Å². The number of benzene rings is 2. The summed E-state index contributed by atoms with van der Waals surface area (Å²) < 4.78 is 28.0. The van der Waals surface area contributed by atoms with Crippen LogP contribution in [-0.4, -0.2) is 35.2 Å². The summed E-state index contributed by atoms with van der Waals surface area (Å²) in [6, 6.07) is 13.8. The van der Waals surface area contributed by atoms with E-state index >= 15 is 0 Å². The Hall–Kier alpha value is -3.13. The Balaban J connectivity index is 1.83. The molecule has 1 amide bonds. The minimum Gasteiger partial charge on any atom is -0.493 e. The predicted octanol–water partition coefficient (Wildman–Crippen LogP) is 3.74. The Morgan fingerprint density at radius 2 is 1.86 bits per heavy atom. The maximum absolute atomic E-state index is 12.6. The number of rotatable bonds is 7. The van der Waals surface area contributed by atoms with E-state index < -0.39 is 16.7 Å². The third-order valence-corrected chi connectivity index (χ3v) is 5.42. The van der Waals surface area contributed by atoms with Gasteiger partial charge in [0.1, 0.15) is 0 Å². The van der Waals surface area contributed by atoms with Crippen LogP contribution in [-0.2, 0) is 10.8 Å². The Bertz CT molecular complexity index is 1020. The molecule has 0 bridgehead atoms. The molecule has 8 heteroatoms. The summed E-state index contributed by atoms with van der Waals surface area (Å²) in [5.74, 6) is 1.55. The van der Waals surface area contributed by atoms with Crippen molar-refractivity contribution < 1.29 is 23.0 Å². The highest BCUT2D eigenvalue weighted by atomic mass is 32.2. The van der Waals surface area contributed by atoms with Gasteiger partial charge in [-0.15, -0.1) is 0 Å². The van der Waals surface area contributed by atoms with Crippen LogP contribution in [0.4, 0.5) is 5.69 Å². The fourth-order valence-electron chi connectivity index (χ4n) is 2.62. The van der Waals surface area contributed by atoms with E-state index in [4.69, 9.17) is 14.0 Å². The number of aromatic nitrogens is 1. The average Bonchev–Trinajstić information content (AvgIpc) is 3.23. The van der Waals surface area contributed by atoms with Crippen LogP contribution in [0.5, 0.6) is 11.5 Å². The van der Waals surface area contributed by atoms with E-state index in [1.54, 1.807) is 56.7 Å². The third kappa shape index (κ3) is 4.07. The number of carbonyl (C=O) groups excluding carboxylic acids is 1. The number of methoxy groups -OCH3 is 2. The number of ether oxygens (including phenoxy) is 2. The third-order valence-electron chi connectivity index (χ3n) is 4.05. The lowest BCUT2D eigenvalue weighted by Crippen LogP contribution is -2.14. The number of carbonyl (C=O) groups is 1. The van der Waals surface area contributed by atoms with Gasteiger partial charge in [-0.2, -0.15) is 0 Å². The van der Waals surface area contributed by atoms with Gasteiger partial charge in [0.2, 0.25) is 0 Å². The zero-order chi connectivity index (χ0) is 20.1. The molecule has 2 aromatic carbocycles. The lowest BCUT2D eigenvalue weighted by molar-refractivity contribution is 0.101. The van der Waals surface area contributed by atoms with Crippen molar-refractivity contribution in [3.8, 4) is 22.8 Å². The van der Waals surface area contributed by atoms with E-state index in [2.05, 4.69) is 10.5 Å². The quantitative estimate of drug-likeness (QED) is 0.650. The van der Waals surface area contributed by atoms with Crippen LogP contribution in [0.25, 0.3) is 11.3 Å². The molecule has 0 radical (unpaired) electrons. The largest absolute Gasteiger partial charge is 0.493 e. The summed E-state index contributed by atoms with van der Waals surface area (Å²) in [5.41, 5.74) is 1.29. The molecule has 3 aromatic rings. The lowest BCUT2D eigenvalue weighted by atomic mass is 10.1. The van der Waals surface area contributed by atoms with Crippen molar-refractivity contribution in [1.82, 2.24) is 5.16 Å². The summed E-state index contributed by atoms with van der Waals surface area (Å²) in [6.45, 7) is 1.82. The van der Waals surface area contributed by atoms with Crippen molar-refractivity contribution in [3.63, 3.8) is 0 Å². The second-order valence-electron chi connectivity index (χ2n) is 5.73. The van der Waals surface area contributed by atoms with Crippen molar-refractivity contribution >= 4 is 22.4 Å². The zero-order valence-corrected chi connectivity index (χ0v) is 16.5. The van der Waals surface area contributed by atoms with Gasteiger partial charge >= 0.3 is 0 Å². The van der Waals surface area contributed by atoms with Crippen molar-refractivity contribution in [3.05, 3.63) is 54.2 Å². The Labute approximate surface area is 165 Å². The first kappa shape index (κ1) is 19.6. The van der Waals surface area contributed by atoms with Gasteiger partial charge in [-0.3, -0.25) is 9.00 Å². The van der Waals surface area contributed by atoms with Gasteiger partial charge in [-0.1, -0.05) is 24.2 Å². The van der Waals surface area contributed by atoms with Crippen molar-refractivity contribution in [2.45, 2.75) is 11.8 Å². The van der Waals surface area contributed by atoms with E-state index in [1.165, 1.54) is 6.07 Å². The molecule has 0 aliphatic heterocycles. The normalized spacial score (nSPS) is 11.7. The first-order valence-corrected chi connectivity index (χ1v) is 9.87. The van der Waals surface area contributed by atoms with E-state index in [0.717, 1.165) is 0 Å². The second kappa shape index (κ2) is 8.71. The first-order chi connectivity index (χ1) is 13.6. The fourth-order valence-corrected chi connectivity index (χ4v) is 3.52. The van der Waals surface area contributed by atoms with Crippen LogP contribution in [0.3, 0.4) is 0 Å². The number of nitrogens with zero attached hydrogens (tertiary/aromatic N) is 1. The van der Waals surface area contributed by atoms with Crippen LogP contribution >= 0.6 is 0 Å². The number of anilines is 1. The molecule has 1 atom stereocenters. The molecular formula is C20H20N2O5S. The molecule has 3 rings (SSSR count). The standard InChI is InChI=1S/C20H20N2O5S/c1-4-28(24)19-8-6-5-7-14(19)21-20(23)15-12-17(27-22-15)13-9-10-16(25-2)18(11-13)26-3/h5-12H,4H2,1-3H3,(H,21,23). The highest BCUT2D eigenvalue weighted by molar-refractivity contribution is 7.85. The Morgan fingerprint density at radius 1 is 1.11 bits per heavy atom. The van der Waals surface area contributed by atoms with Crippen LogP contribution in [0.2, 0.25) is 0 Å². The number of nitrogens with one attached hydrogen (secondary N) is 1. The Morgan fingerprint density at radius 3 is 2.57 bits per heavy atom. The SMILES string of the molecule is CCS(=O)c1ccccc1NC(=O)c1cc(-c2ccc(OC)c(OC)c2)on1. The molecule has 146 valence electrons. The second-order valence-corrected chi connectivity index (χ2v) is 7.44. The van der Waals surface area contributed by atoms with Crippen LogP contribution in [0, 0.1) is 0 Å². The molecule has 0 saturated heterocycles. The zero-order valence-electron chi connectivity index (χ0n) is 15.7. The predicted molar refractivity (Wildman–Crippen MR) is 106 cm³/mol. The fraction of sp³-hybridized carbons (Fsp3) is 0.200. The molecule has 1 unspecified atom stereocenters.